The zero-order valence-corrected chi connectivity index (χ0v) is 13.0. The lowest BCUT2D eigenvalue weighted by molar-refractivity contribution is 0.125. The van der Waals surface area contributed by atoms with Crippen molar-refractivity contribution in [1.82, 2.24) is 19.9 Å². The van der Waals surface area contributed by atoms with Gasteiger partial charge in [-0.1, -0.05) is 13.3 Å². The maximum atomic E-state index is 5.81. The van der Waals surface area contributed by atoms with Crippen LogP contribution in [0.1, 0.15) is 45.0 Å². The van der Waals surface area contributed by atoms with Crippen molar-refractivity contribution in [3.63, 3.8) is 0 Å². The van der Waals surface area contributed by atoms with Gasteiger partial charge in [0.2, 0.25) is 11.9 Å². The van der Waals surface area contributed by atoms with Gasteiger partial charge < -0.3 is 10.6 Å². The monoisotopic (exact) mass is 278 g/mol. The van der Waals surface area contributed by atoms with Crippen LogP contribution in [0, 0.1) is 5.92 Å². The maximum Gasteiger partial charge on any atom is 0.229 e. The number of aromatic nitrogens is 3. The largest absolute Gasteiger partial charge is 0.368 e. The van der Waals surface area contributed by atoms with Gasteiger partial charge in [0.1, 0.15) is 0 Å². The summed E-state index contributed by atoms with van der Waals surface area (Å²) in [4.78, 5) is 17.4. The van der Waals surface area contributed by atoms with E-state index in [1.807, 2.05) is 19.0 Å². The van der Waals surface area contributed by atoms with Crippen LogP contribution >= 0.6 is 0 Å². The molecular formula is C14H26N6. The molecule has 112 valence electrons. The minimum atomic E-state index is 0.188. The second kappa shape index (κ2) is 6.35. The molecule has 0 radical (unpaired) electrons. The van der Waals surface area contributed by atoms with Gasteiger partial charge in [0.25, 0.3) is 0 Å². The number of hydrogen-bond donors (Lipinski definition) is 1. The standard InChI is InChI=1S/C14H26N6/c1-5-11-7-6-8-20(9-11)10(2)12-16-13(15)18-14(17-12)19(3)4/h10-11H,5-9H2,1-4H3,(H2,15,16,17,18). The first kappa shape index (κ1) is 15.0. The predicted molar refractivity (Wildman–Crippen MR) is 81.6 cm³/mol. The number of piperidine rings is 1. The lowest BCUT2D eigenvalue weighted by Gasteiger charge is -2.35. The minimum Gasteiger partial charge on any atom is -0.368 e. The van der Waals surface area contributed by atoms with Crippen molar-refractivity contribution in [2.75, 3.05) is 37.8 Å². The molecule has 2 unspecified atom stereocenters. The lowest BCUT2D eigenvalue weighted by Crippen LogP contribution is -2.38. The average molecular weight is 278 g/mol. The third-order valence-electron chi connectivity index (χ3n) is 4.11. The van der Waals surface area contributed by atoms with Gasteiger partial charge in [-0.2, -0.15) is 15.0 Å². The topological polar surface area (TPSA) is 71.2 Å². The Balaban J connectivity index is 2.17. The summed E-state index contributed by atoms with van der Waals surface area (Å²) in [5.74, 6) is 2.50. The van der Waals surface area contributed by atoms with Gasteiger partial charge in [-0.15, -0.1) is 0 Å². The Labute approximate surface area is 121 Å². The summed E-state index contributed by atoms with van der Waals surface area (Å²) in [7, 11) is 3.83. The average Bonchev–Trinajstić information content (AvgIpc) is 2.45. The van der Waals surface area contributed by atoms with Gasteiger partial charge in [-0.3, -0.25) is 4.90 Å². The molecule has 2 rings (SSSR count). The molecule has 0 bridgehead atoms. The molecule has 6 nitrogen and oxygen atoms in total. The third kappa shape index (κ3) is 3.36. The van der Waals surface area contributed by atoms with Crippen LogP contribution < -0.4 is 10.6 Å². The van der Waals surface area contributed by atoms with Crippen molar-refractivity contribution in [2.24, 2.45) is 5.92 Å². The van der Waals surface area contributed by atoms with E-state index in [0.29, 0.717) is 11.9 Å². The normalized spacial score (nSPS) is 21.7. The molecule has 0 aromatic carbocycles. The van der Waals surface area contributed by atoms with Crippen LogP contribution in [0.15, 0.2) is 0 Å². The second-order valence-corrected chi connectivity index (χ2v) is 5.83. The first-order valence-corrected chi connectivity index (χ1v) is 7.44. The van der Waals surface area contributed by atoms with E-state index in [4.69, 9.17) is 5.73 Å². The van der Waals surface area contributed by atoms with E-state index in [1.165, 1.54) is 19.3 Å². The maximum absolute atomic E-state index is 5.81. The van der Waals surface area contributed by atoms with Crippen molar-refractivity contribution >= 4 is 11.9 Å². The molecule has 1 fully saturated rings. The van der Waals surface area contributed by atoms with E-state index in [2.05, 4.69) is 33.7 Å². The second-order valence-electron chi connectivity index (χ2n) is 5.83. The smallest absolute Gasteiger partial charge is 0.229 e. The highest BCUT2D eigenvalue weighted by Crippen LogP contribution is 2.27. The fourth-order valence-electron chi connectivity index (χ4n) is 2.73. The Hall–Kier alpha value is -1.43. The molecule has 0 spiro atoms. The van der Waals surface area contributed by atoms with Gasteiger partial charge in [-0.25, -0.2) is 0 Å². The van der Waals surface area contributed by atoms with Crippen molar-refractivity contribution in [3.05, 3.63) is 5.82 Å². The van der Waals surface area contributed by atoms with E-state index < -0.39 is 0 Å². The molecule has 0 saturated carbocycles. The van der Waals surface area contributed by atoms with Gasteiger partial charge in [-0.05, 0) is 32.2 Å². The van der Waals surface area contributed by atoms with Gasteiger partial charge in [0.15, 0.2) is 5.82 Å². The summed E-state index contributed by atoms with van der Waals surface area (Å²) in [5, 5.41) is 0. The fourth-order valence-corrected chi connectivity index (χ4v) is 2.73. The van der Waals surface area contributed by atoms with E-state index in [-0.39, 0.29) is 6.04 Å². The summed E-state index contributed by atoms with van der Waals surface area (Å²) < 4.78 is 0. The Morgan fingerprint density at radius 3 is 2.75 bits per heavy atom. The molecule has 1 aliphatic rings. The van der Waals surface area contributed by atoms with E-state index in [0.717, 1.165) is 24.8 Å². The summed E-state index contributed by atoms with van der Waals surface area (Å²) >= 11 is 0. The van der Waals surface area contributed by atoms with Gasteiger partial charge >= 0.3 is 0 Å². The number of likely N-dealkylation sites (tertiary alicyclic amines) is 1. The lowest BCUT2D eigenvalue weighted by atomic mass is 9.94. The van der Waals surface area contributed by atoms with Crippen LogP contribution in [0.4, 0.5) is 11.9 Å². The van der Waals surface area contributed by atoms with Crippen LogP contribution in [0.25, 0.3) is 0 Å². The summed E-state index contributed by atoms with van der Waals surface area (Å²) in [6, 6.07) is 0.188. The number of nitrogen functional groups attached to an aromatic ring is 1. The summed E-state index contributed by atoms with van der Waals surface area (Å²) in [6.07, 6.45) is 3.83. The predicted octanol–water partition coefficient (Wildman–Crippen LogP) is 1.70. The Morgan fingerprint density at radius 1 is 1.35 bits per heavy atom. The SMILES string of the molecule is CCC1CCCN(C(C)c2nc(N)nc(N(C)C)n2)C1. The number of nitrogens with zero attached hydrogens (tertiary/aromatic N) is 5. The number of nitrogens with two attached hydrogens (primary N) is 1. The highest BCUT2D eigenvalue weighted by Gasteiger charge is 2.25. The molecule has 1 saturated heterocycles. The Kier molecular flexibility index (Phi) is 4.75. The first-order chi connectivity index (χ1) is 9.51. The molecule has 2 heterocycles. The van der Waals surface area contributed by atoms with Crippen molar-refractivity contribution < 1.29 is 0 Å². The van der Waals surface area contributed by atoms with Crippen LogP contribution in [-0.4, -0.2) is 47.0 Å². The van der Waals surface area contributed by atoms with Gasteiger partial charge in [0, 0.05) is 20.6 Å². The molecule has 2 atom stereocenters. The first-order valence-electron chi connectivity index (χ1n) is 7.44. The number of anilines is 2. The number of rotatable bonds is 4. The van der Waals surface area contributed by atoms with Crippen molar-refractivity contribution in [3.8, 4) is 0 Å². The molecule has 6 heteroatoms. The molecule has 1 aromatic heterocycles. The van der Waals surface area contributed by atoms with Crippen LogP contribution in [0.3, 0.4) is 0 Å². The highest BCUT2D eigenvalue weighted by molar-refractivity contribution is 5.33. The van der Waals surface area contributed by atoms with Gasteiger partial charge in [0.05, 0.1) is 6.04 Å². The highest BCUT2D eigenvalue weighted by atomic mass is 15.3. The molecule has 1 aromatic rings. The molecular weight excluding hydrogens is 252 g/mol. The van der Waals surface area contributed by atoms with Crippen LogP contribution in [0.2, 0.25) is 0 Å². The summed E-state index contributed by atoms with van der Waals surface area (Å²) in [6.45, 7) is 6.66. The van der Waals surface area contributed by atoms with Crippen molar-refractivity contribution in [1.29, 1.82) is 0 Å². The van der Waals surface area contributed by atoms with Crippen LogP contribution in [0.5, 0.6) is 0 Å². The zero-order chi connectivity index (χ0) is 14.7. The van der Waals surface area contributed by atoms with Crippen LogP contribution in [-0.2, 0) is 0 Å². The van der Waals surface area contributed by atoms with E-state index in [1.54, 1.807) is 0 Å². The minimum absolute atomic E-state index is 0.188. The molecule has 0 aliphatic carbocycles. The quantitative estimate of drug-likeness (QED) is 0.904. The van der Waals surface area contributed by atoms with E-state index >= 15 is 0 Å². The third-order valence-corrected chi connectivity index (χ3v) is 4.11. The Morgan fingerprint density at radius 2 is 2.10 bits per heavy atom. The Bertz CT molecular complexity index is 447. The molecule has 2 N–H and O–H groups in total. The van der Waals surface area contributed by atoms with E-state index in [9.17, 15) is 0 Å². The number of hydrogen-bond acceptors (Lipinski definition) is 6. The van der Waals surface area contributed by atoms with Crippen molar-refractivity contribution in [2.45, 2.75) is 39.2 Å². The molecule has 1 aliphatic heterocycles. The summed E-state index contributed by atoms with van der Waals surface area (Å²) in [5.41, 5.74) is 5.81. The zero-order valence-electron chi connectivity index (χ0n) is 13.0. The fraction of sp³-hybridized carbons (Fsp3) is 0.786. The molecule has 0 amide bonds. The molecule has 20 heavy (non-hydrogen) atoms.